The number of carboxylic acid groups (broad SMARTS) is 2. The third-order valence-electron chi connectivity index (χ3n) is 3.19. The lowest BCUT2D eigenvalue weighted by Crippen LogP contribution is -2.26. The molecule has 4 heteroatoms. The summed E-state index contributed by atoms with van der Waals surface area (Å²) in [6.07, 6.45) is 2.85. The van der Waals surface area contributed by atoms with E-state index >= 15 is 0 Å². The fraction of sp³-hybridized carbons (Fsp3) is 0.800. The summed E-state index contributed by atoms with van der Waals surface area (Å²) < 4.78 is 0. The van der Waals surface area contributed by atoms with Gasteiger partial charge in [-0.15, -0.1) is 0 Å². The zero-order valence-electron chi connectivity index (χ0n) is 8.32. The van der Waals surface area contributed by atoms with Gasteiger partial charge in [-0.25, -0.2) is 0 Å². The van der Waals surface area contributed by atoms with Crippen LogP contribution < -0.4 is 0 Å². The Kier molecular flexibility index (Phi) is 3.13. The average Bonchev–Trinajstić information content (AvgIpc) is 2.28. The lowest BCUT2D eigenvalue weighted by Gasteiger charge is -2.21. The summed E-state index contributed by atoms with van der Waals surface area (Å²) in [7, 11) is 0. The van der Waals surface area contributed by atoms with Crippen molar-refractivity contribution in [2.24, 2.45) is 11.3 Å². The molecule has 2 unspecified atom stereocenters. The highest BCUT2D eigenvalue weighted by Gasteiger charge is 2.36. The van der Waals surface area contributed by atoms with Crippen molar-refractivity contribution in [2.45, 2.75) is 39.0 Å². The van der Waals surface area contributed by atoms with Gasteiger partial charge in [0.15, 0.2) is 0 Å². The minimum atomic E-state index is -0.802. The van der Waals surface area contributed by atoms with Gasteiger partial charge in [-0.05, 0) is 32.6 Å². The topological polar surface area (TPSA) is 74.6 Å². The van der Waals surface area contributed by atoms with E-state index in [2.05, 4.69) is 0 Å². The zero-order valence-corrected chi connectivity index (χ0v) is 8.32. The van der Waals surface area contributed by atoms with Crippen LogP contribution in [0.2, 0.25) is 0 Å². The van der Waals surface area contributed by atoms with E-state index in [1.165, 1.54) is 0 Å². The van der Waals surface area contributed by atoms with E-state index in [1.807, 2.05) is 0 Å². The van der Waals surface area contributed by atoms with E-state index in [-0.39, 0.29) is 5.92 Å². The first-order chi connectivity index (χ1) is 6.46. The van der Waals surface area contributed by atoms with Gasteiger partial charge in [-0.1, -0.05) is 6.42 Å². The van der Waals surface area contributed by atoms with Crippen molar-refractivity contribution in [2.75, 3.05) is 0 Å². The molecule has 0 aromatic heterocycles. The Morgan fingerprint density at radius 3 is 2.36 bits per heavy atom. The normalized spacial score (nSPS) is 33.4. The summed E-state index contributed by atoms with van der Waals surface area (Å²) in [6, 6.07) is 0. The smallest absolute Gasteiger partial charge is 0.309 e. The van der Waals surface area contributed by atoms with Crippen molar-refractivity contribution in [3.8, 4) is 0 Å². The molecule has 2 atom stereocenters. The lowest BCUT2D eigenvalue weighted by atomic mass is 9.82. The van der Waals surface area contributed by atoms with Gasteiger partial charge in [0.1, 0.15) is 0 Å². The van der Waals surface area contributed by atoms with Crippen LogP contribution in [0.15, 0.2) is 0 Å². The molecular formula is C10H16O4. The molecule has 0 heterocycles. The van der Waals surface area contributed by atoms with Crippen molar-refractivity contribution in [3.63, 3.8) is 0 Å². The summed E-state index contributed by atoms with van der Waals surface area (Å²) in [5.74, 6) is -1.95. The molecule has 1 aliphatic carbocycles. The van der Waals surface area contributed by atoms with E-state index in [1.54, 1.807) is 6.92 Å². The van der Waals surface area contributed by atoms with Gasteiger partial charge in [0.05, 0.1) is 11.3 Å². The highest BCUT2D eigenvalue weighted by molar-refractivity contribution is 5.74. The minimum absolute atomic E-state index is 0.351. The number of hydrogen-bond donors (Lipinski definition) is 2. The van der Waals surface area contributed by atoms with Gasteiger partial charge in [0.2, 0.25) is 0 Å². The van der Waals surface area contributed by atoms with E-state index in [9.17, 15) is 9.59 Å². The Hall–Kier alpha value is -1.06. The predicted molar refractivity (Wildman–Crippen MR) is 50.0 cm³/mol. The van der Waals surface area contributed by atoms with Gasteiger partial charge < -0.3 is 10.2 Å². The number of rotatable bonds is 2. The van der Waals surface area contributed by atoms with Crippen LogP contribution in [0.25, 0.3) is 0 Å². The molecule has 1 fully saturated rings. The summed E-state index contributed by atoms with van der Waals surface area (Å²) in [5.41, 5.74) is -0.718. The molecule has 0 aromatic carbocycles. The standard InChI is InChI=1S/C10H16O4/c1-10(9(13)14)5-2-3-7(4-6-10)8(11)12/h7H,2-6H2,1H3,(H,11,12)(H,13,14). The van der Waals surface area contributed by atoms with Crippen molar-refractivity contribution in [1.29, 1.82) is 0 Å². The maximum Gasteiger partial charge on any atom is 0.309 e. The van der Waals surface area contributed by atoms with E-state index in [4.69, 9.17) is 10.2 Å². The van der Waals surface area contributed by atoms with E-state index in [0.29, 0.717) is 32.1 Å². The fourth-order valence-electron chi connectivity index (χ4n) is 1.96. The molecular weight excluding hydrogens is 184 g/mol. The number of aliphatic carboxylic acids is 2. The highest BCUT2D eigenvalue weighted by Crippen LogP contribution is 2.36. The average molecular weight is 200 g/mol. The second kappa shape index (κ2) is 3.98. The maximum absolute atomic E-state index is 11.0. The van der Waals surface area contributed by atoms with Crippen LogP contribution in [0.5, 0.6) is 0 Å². The highest BCUT2D eigenvalue weighted by atomic mass is 16.4. The quantitative estimate of drug-likeness (QED) is 0.666. The Morgan fingerprint density at radius 1 is 1.21 bits per heavy atom. The molecule has 0 saturated heterocycles. The number of carbonyl (C=O) groups is 2. The molecule has 4 nitrogen and oxygen atoms in total. The molecule has 0 radical (unpaired) electrons. The van der Waals surface area contributed by atoms with Crippen molar-refractivity contribution in [1.82, 2.24) is 0 Å². The first-order valence-corrected chi connectivity index (χ1v) is 4.92. The van der Waals surface area contributed by atoms with Crippen LogP contribution >= 0.6 is 0 Å². The third-order valence-corrected chi connectivity index (χ3v) is 3.19. The molecule has 80 valence electrons. The van der Waals surface area contributed by atoms with Crippen LogP contribution in [0.4, 0.5) is 0 Å². The second-order valence-electron chi connectivity index (χ2n) is 4.33. The monoisotopic (exact) mass is 200 g/mol. The molecule has 1 rings (SSSR count). The van der Waals surface area contributed by atoms with Gasteiger partial charge in [-0.3, -0.25) is 9.59 Å². The van der Waals surface area contributed by atoms with Crippen LogP contribution in [0, 0.1) is 11.3 Å². The summed E-state index contributed by atoms with van der Waals surface area (Å²) in [4.78, 5) is 21.7. The third kappa shape index (κ3) is 2.25. The molecule has 0 spiro atoms. The van der Waals surface area contributed by atoms with Crippen LogP contribution in [0.1, 0.15) is 39.0 Å². The number of carboxylic acids is 2. The van der Waals surface area contributed by atoms with Crippen molar-refractivity contribution in [3.05, 3.63) is 0 Å². The largest absolute Gasteiger partial charge is 0.481 e. The van der Waals surface area contributed by atoms with Gasteiger partial charge in [0, 0.05) is 0 Å². The number of hydrogen-bond acceptors (Lipinski definition) is 2. The lowest BCUT2D eigenvalue weighted by molar-refractivity contribution is -0.149. The Balaban J connectivity index is 2.65. The summed E-state index contributed by atoms with van der Waals surface area (Å²) >= 11 is 0. The van der Waals surface area contributed by atoms with Gasteiger partial charge in [-0.2, -0.15) is 0 Å². The Bertz CT molecular complexity index is 249. The van der Waals surface area contributed by atoms with E-state index in [0.717, 1.165) is 0 Å². The Morgan fingerprint density at radius 2 is 1.86 bits per heavy atom. The predicted octanol–water partition coefficient (Wildman–Crippen LogP) is 1.74. The van der Waals surface area contributed by atoms with Crippen LogP contribution in [0.3, 0.4) is 0 Å². The molecule has 14 heavy (non-hydrogen) atoms. The molecule has 0 amide bonds. The molecule has 2 N–H and O–H groups in total. The second-order valence-corrected chi connectivity index (χ2v) is 4.33. The first-order valence-electron chi connectivity index (χ1n) is 4.92. The van der Waals surface area contributed by atoms with Gasteiger partial charge >= 0.3 is 11.9 Å². The van der Waals surface area contributed by atoms with E-state index < -0.39 is 17.4 Å². The summed E-state index contributed by atoms with van der Waals surface area (Å²) in [5, 5.41) is 17.8. The maximum atomic E-state index is 11.0. The molecule has 1 saturated carbocycles. The van der Waals surface area contributed by atoms with Crippen molar-refractivity contribution < 1.29 is 19.8 Å². The molecule has 0 aromatic rings. The Labute approximate surface area is 82.9 Å². The van der Waals surface area contributed by atoms with Crippen LogP contribution in [-0.4, -0.2) is 22.2 Å². The first kappa shape index (κ1) is 11.0. The zero-order chi connectivity index (χ0) is 10.8. The molecule has 0 aliphatic heterocycles. The minimum Gasteiger partial charge on any atom is -0.481 e. The fourth-order valence-corrected chi connectivity index (χ4v) is 1.96. The van der Waals surface area contributed by atoms with Gasteiger partial charge in [0.25, 0.3) is 0 Å². The molecule has 0 bridgehead atoms. The molecule has 1 aliphatic rings. The van der Waals surface area contributed by atoms with Crippen LogP contribution in [-0.2, 0) is 9.59 Å². The summed E-state index contributed by atoms with van der Waals surface area (Å²) in [6.45, 7) is 1.71. The van der Waals surface area contributed by atoms with Crippen molar-refractivity contribution >= 4 is 11.9 Å². The SMILES string of the molecule is CC1(C(=O)O)CCCC(C(=O)O)CC1.